The predicted molar refractivity (Wildman–Crippen MR) is 108 cm³/mol. The van der Waals surface area contributed by atoms with Crippen molar-refractivity contribution in [3.05, 3.63) is 104 Å². The number of hydrogen-bond acceptors (Lipinski definition) is 2. The van der Waals surface area contributed by atoms with E-state index < -0.39 is 0 Å². The molecule has 4 heteroatoms. The molecule has 0 amide bonds. The minimum Gasteiger partial charge on any atom is -0.318 e. The smallest absolute Gasteiger partial charge is 0.250 e. The zero-order valence-electron chi connectivity index (χ0n) is 14.8. The van der Waals surface area contributed by atoms with Gasteiger partial charge in [-0.15, -0.1) is 0 Å². The Kier molecular flexibility index (Phi) is 5.52. The number of nitrogens with zero attached hydrogens (tertiary/aromatic N) is 1. The minimum atomic E-state index is -0.120. The van der Waals surface area contributed by atoms with Gasteiger partial charge in [0, 0.05) is 41.7 Å². The van der Waals surface area contributed by atoms with Gasteiger partial charge in [0.2, 0.25) is 5.56 Å². The van der Waals surface area contributed by atoms with Crippen molar-refractivity contribution >= 4 is 21.7 Å². The van der Waals surface area contributed by atoms with Gasteiger partial charge >= 0.3 is 0 Å². The first-order valence-electron chi connectivity index (χ1n) is 8.46. The molecule has 3 nitrogen and oxygen atoms in total. The second kappa shape index (κ2) is 7.83. The summed E-state index contributed by atoms with van der Waals surface area (Å²) < 4.78 is 2.45. The van der Waals surface area contributed by atoms with Crippen molar-refractivity contribution in [2.45, 2.75) is 19.3 Å². The van der Waals surface area contributed by atoms with E-state index in [-0.39, 0.29) is 17.3 Å². The molecule has 0 radical (unpaired) electrons. The maximum Gasteiger partial charge on any atom is 0.250 e. The van der Waals surface area contributed by atoms with Gasteiger partial charge in [0.25, 0.3) is 0 Å². The molecule has 0 fully saturated rings. The van der Waals surface area contributed by atoms with Gasteiger partial charge < -0.3 is 4.57 Å². The lowest BCUT2D eigenvalue weighted by atomic mass is 9.84. The summed E-state index contributed by atoms with van der Waals surface area (Å²) in [6, 6.07) is 19.3. The Hall–Kier alpha value is -2.46. The minimum absolute atomic E-state index is 0.0248. The molecular formula is C22H20BrNO2. The molecule has 0 bridgehead atoms. The monoisotopic (exact) mass is 409 g/mol. The quantitative estimate of drug-likeness (QED) is 0.564. The third-order valence-electron chi connectivity index (χ3n) is 4.63. The van der Waals surface area contributed by atoms with Crippen molar-refractivity contribution in [2.75, 3.05) is 0 Å². The highest BCUT2D eigenvalue weighted by Gasteiger charge is 2.21. The number of halogens is 1. The number of hydrogen-bond donors (Lipinski definition) is 0. The summed E-state index contributed by atoms with van der Waals surface area (Å²) in [6.07, 6.45) is 1.96. The van der Waals surface area contributed by atoms with Crippen LogP contribution < -0.4 is 5.56 Å². The van der Waals surface area contributed by atoms with Crippen molar-refractivity contribution in [2.24, 2.45) is 7.05 Å². The largest absolute Gasteiger partial charge is 0.318 e. The van der Waals surface area contributed by atoms with Crippen LogP contribution in [0.1, 0.15) is 39.4 Å². The van der Waals surface area contributed by atoms with E-state index in [2.05, 4.69) is 47.1 Å². The van der Waals surface area contributed by atoms with E-state index in [1.54, 1.807) is 19.3 Å². The maximum atomic E-state index is 12.9. The molecule has 0 N–H and O–H groups in total. The Balaban J connectivity index is 1.99. The van der Waals surface area contributed by atoms with Crippen LogP contribution in [0.2, 0.25) is 0 Å². The summed E-state index contributed by atoms with van der Waals surface area (Å²) in [5.74, 6) is -0.00851. The highest BCUT2D eigenvalue weighted by atomic mass is 79.9. The van der Waals surface area contributed by atoms with E-state index in [1.165, 1.54) is 10.6 Å². The molecule has 1 heterocycles. The zero-order chi connectivity index (χ0) is 18.7. The van der Waals surface area contributed by atoms with Gasteiger partial charge in [-0.25, -0.2) is 0 Å². The first kappa shape index (κ1) is 18.3. The van der Waals surface area contributed by atoms with E-state index in [0.29, 0.717) is 12.0 Å². The van der Waals surface area contributed by atoms with Crippen LogP contribution in [-0.4, -0.2) is 10.4 Å². The number of rotatable bonds is 5. The number of aromatic nitrogens is 1. The van der Waals surface area contributed by atoms with Gasteiger partial charge in [0.1, 0.15) is 0 Å². The lowest BCUT2D eigenvalue weighted by Gasteiger charge is -2.20. The van der Waals surface area contributed by atoms with Crippen LogP contribution in [0.4, 0.5) is 0 Å². The van der Waals surface area contributed by atoms with Crippen molar-refractivity contribution in [1.29, 1.82) is 0 Å². The van der Waals surface area contributed by atoms with Gasteiger partial charge in [-0.3, -0.25) is 9.59 Å². The highest BCUT2D eigenvalue weighted by Crippen LogP contribution is 2.32. The van der Waals surface area contributed by atoms with Crippen LogP contribution in [0.15, 0.2) is 76.1 Å². The van der Waals surface area contributed by atoms with Crippen molar-refractivity contribution < 1.29 is 4.79 Å². The fourth-order valence-corrected chi connectivity index (χ4v) is 3.41. The molecule has 0 aliphatic carbocycles. The van der Waals surface area contributed by atoms with Crippen molar-refractivity contribution in [1.82, 2.24) is 4.57 Å². The molecule has 0 aliphatic heterocycles. The van der Waals surface area contributed by atoms with Crippen LogP contribution in [0.3, 0.4) is 0 Å². The molecule has 0 spiro atoms. The van der Waals surface area contributed by atoms with Crippen LogP contribution in [0, 0.1) is 6.92 Å². The highest BCUT2D eigenvalue weighted by molar-refractivity contribution is 9.10. The normalized spacial score (nSPS) is 12.0. The maximum absolute atomic E-state index is 12.9. The van der Waals surface area contributed by atoms with Crippen molar-refractivity contribution in [3.63, 3.8) is 0 Å². The second-order valence-corrected chi connectivity index (χ2v) is 7.37. The average Bonchev–Trinajstić information content (AvgIpc) is 2.63. The molecule has 0 saturated carbocycles. The molecule has 3 rings (SSSR count). The summed E-state index contributed by atoms with van der Waals surface area (Å²) in [5, 5.41) is 0. The van der Waals surface area contributed by atoms with E-state index in [1.807, 2.05) is 24.3 Å². The molecule has 132 valence electrons. The van der Waals surface area contributed by atoms with E-state index >= 15 is 0 Å². The van der Waals surface area contributed by atoms with E-state index in [0.717, 1.165) is 21.2 Å². The number of aryl methyl sites for hydroxylation is 2. The van der Waals surface area contributed by atoms with Gasteiger partial charge in [0.05, 0.1) is 0 Å². The first-order valence-corrected chi connectivity index (χ1v) is 9.26. The summed E-state index contributed by atoms with van der Waals surface area (Å²) in [7, 11) is 1.66. The average molecular weight is 410 g/mol. The second-order valence-electron chi connectivity index (χ2n) is 6.45. The van der Waals surface area contributed by atoms with Gasteiger partial charge in [-0.1, -0.05) is 52.3 Å². The Morgan fingerprint density at radius 2 is 1.73 bits per heavy atom. The number of carbonyl (C=O) groups is 1. The Morgan fingerprint density at radius 1 is 1.04 bits per heavy atom. The Morgan fingerprint density at radius 3 is 2.38 bits per heavy atom. The zero-order valence-corrected chi connectivity index (χ0v) is 16.4. The molecule has 1 aromatic heterocycles. The molecule has 2 aromatic carbocycles. The van der Waals surface area contributed by atoms with Crippen molar-refractivity contribution in [3.8, 4) is 0 Å². The molecule has 0 saturated heterocycles. The molecule has 1 atom stereocenters. The van der Waals surface area contributed by atoms with Gasteiger partial charge in [-0.2, -0.15) is 0 Å². The van der Waals surface area contributed by atoms with Gasteiger partial charge in [0.15, 0.2) is 5.78 Å². The van der Waals surface area contributed by atoms with E-state index in [9.17, 15) is 9.59 Å². The molecular weight excluding hydrogens is 390 g/mol. The fraction of sp³-hybridized carbons (Fsp3) is 0.182. The lowest BCUT2D eigenvalue weighted by molar-refractivity contribution is 0.0977. The number of Topliss-reactive ketones (excluding diaryl/α,β-unsaturated/α-hetero) is 1. The summed E-state index contributed by atoms with van der Waals surface area (Å²) in [5.41, 5.74) is 3.84. The van der Waals surface area contributed by atoms with E-state index in [4.69, 9.17) is 0 Å². The number of carbonyl (C=O) groups excluding carboxylic acids is 1. The number of pyridine rings is 1. The SMILES string of the molecule is Cc1ccccc1[C@@H](CC(=O)c1ccc(=O)n(C)c1)c1ccc(Br)cc1. The molecule has 0 unspecified atom stereocenters. The summed E-state index contributed by atoms with van der Waals surface area (Å²) in [4.78, 5) is 24.5. The number of benzene rings is 2. The fourth-order valence-electron chi connectivity index (χ4n) is 3.14. The third kappa shape index (κ3) is 4.02. The predicted octanol–water partition coefficient (Wildman–Crippen LogP) is 4.86. The van der Waals surface area contributed by atoms with Crippen LogP contribution in [0.25, 0.3) is 0 Å². The first-order chi connectivity index (χ1) is 12.5. The molecule has 3 aromatic rings. The van der Waals surface area contributed by atoms with Crippen LogP contribution >= 0.6 is 15.9 Å². The summed E-state index contributed by atoms with van der Waals surface area (Å²) in [6.45, 7) is 2.07. The molecule has 26 heavy (non-hydrogen) atoms. The van der Waals surface area contributed by atoms with Crippen LogP contribution in [0.5, 0.6) is 0 Å². The Labute approximate surface area is 161 Å². The summed E-state index contributed by atoms with van der Waals surface area (Å²) >= 11 is 3.47. The Bertz CT molecular complexity index is 990. The number of ketones is 1. The lowest BCUT2D eigenvalue weighted by Crippen LogP contribution is -2.17. The third-order valence-corrected chi connectivity index (χ3v) is 5.16. The van der Waals surface area contributed by atoms with Gasteiger partial charge in [-0.05, 0) is 41.8 Å². The molecule has 0 aliphatic rings. The standard InChI is InChI=1S/C22H20BrNO2/c1-15-5-3-4-6-19(15)20(16-7-10-18(23)11-8-16)13-21(25)17-9-12-22(26)24(2)14-17/h3-12,14,20H,13H2,1-2H3/t20-/m0/s1. The topological polar surface area (TPSA) is 39.1 Å². The van der Waals surface area contributed by atoms with Crippen LogP contribution in [-0.2, 0) is 7.05 Å².